The van der Waals surface area contributed by atoms with Gasteiger partial charge >= 0.3 is 0 Å². The molecule has 0 saturated heterocycles. The Morgan fingerprint density at radius 1 is 0.684 bits per heavy atom. The van der Waals surface area contributed by atoms with Crippen LogP contribution < -0.4 is 16.2 Å². The van der Waals surface area contributed by atoms with Crippen molar-refractivity contribution < 1.29 is 4.74 Å². The topological polar surface area (TPSA) is 61.3 Å². The van der Waals surface area contributed by atoms with Crippen LogP contribution in [0.5, 0.6) is 11.5 Å². The molecule has 0 heterocycles. The largest absolute Gasteiger partial charge is 0.453 e. The molecule has 2 aromatic carbocycles. The van der Waals surface area contributed by atoms with Crippen LogP contribution in [-0.4, -0.2) is 0 Å². The van der Waals surface area contributed by atoms with E-state index in [4.69, 9.17) is 16.2 Å². The van der Waals surface area contributed by atoms with Crippen molar-refractivity contribution in [1.29, 1.82) is 0 Å². The Morgan fingerprint density at radius 2 is 1.05 bits per heavy atom. The molecular weight excluding hydrogens is 236 g/mol. The van der Waals surface area contributed by atoms with Gasteiger partial charge in [-0.25, -0.2) is 0 Å². The highest BCUT2D eigenvalue weighted by Gasteiger charge is 2.10. The minimum Gasteiger partial charge on any atom is -0.453 e. The summed E-state index contributed by atoms with van der Waals surface area (Å²) in [5.41, 5.74) is 17.9. The van der Waals surface area contributed by atoms with Gasteiger partial charge in [0.15, 0.2) is 11.5 Å². The summed E-state index contributed by atoms with van der Waals surface area (Å²) in [6.45, 7) is 8.03. The van der Waals surface area contributed by atoms with Crippen molar-refractivity contribution in [3.8, 4) is 11.5 Å². The second-order valence-electron chi connectivity index (χ2n) is 4.94. The smallest absolute Gasteiger partial charge is 0.150 e. The third kappa shape index (κ3) is 2.36. The number of ether oxygens (including phenoxy) is 1. The molecule has 0 atom stereocenters. The van der Waals surface area contributed by atoms with Crippen molar-refractivity contribution in [3.63, 3.8) is 0 Å². The van der Waals surface area contributed by atoms with Crippen LogP contribution in [0, 0.1) is 27.7 Å². The minimum atomic E-state index is 0.651. The van der Waals surface area contributed by atoms with Crippen LogP contribution in [-0.2, 0) is 0 Å². The zero-order valence-corrected chi connectivity index (χ0v) is 11.9. The lowest BCUT2D eigenvalue weighted by atomic mass is 10.1. The standard InChI is InChI=1S/C16H20N2O/c1-9-5-7-13(15(17)11(9)3)19-14-8-6-10(2)12(4)16(14)18/h5-8H,17-18H2,1-4H3. The van der Waals surface area contributed by atoms with E-state index in [1.165, 1.54) is 0 Å². The lowest BCUT2D eigenvalue weighted by Gasteiger charge is -2.15. The Bertz CT molecular complexity index is 578. The lowest BCUT2D eigenvalue weighted by molar-refractivity contribution is 0.486. The van der Waals surface area contributed by atoms with Crippen molar-refractivity contribution in [2.45, 2.75) is 27.7 Å². The molecule has 0 aromatic heterocycles. The minimum absolute atomic E-state index is 0.651. The summed E-state index contributed by atoms with van der Waals surface area (Å²) in [5, 5.41) is 0. The van der Waals surface area contributed by atoms with Gasteiger partial charge in [-0.3, -0.25) is 0 Å². The molecule has 3 nitrogen and oxygen atoms in total. The maximum Gasteiger partial charge on any atom is 0.150 e. The van der Waals surface area contributed by atoms with Gasteiger partial charge in [0.05, 0.1) is 11.4 Å². The zero-order chi connectivity index (χ0) is 14.2. The molecule has 4 N–H and O–H groups in total. The van der Waals surface area contributed by atoms with Crippen LogP contribution in [0.3, 0.4) is 0 Å². The fourth-order valence-electron chi connectivity index (χ4n) is 1.92. The Hall–Kier alpha value is -2.16. The Kier molecular flexibility index (Phi) is 3.38. The third-order valence-corrected chi connectivity index (χ3v) is 3.71. The highest BCUT2D eigenvalue weighted by Crippen LogP contribution is 2.35. The molecule has 0 bridgehead atoms. The fourth-order valence-corrected chi connectivity index (χ4v) is 1.92. The normalized spacial score (nSPS) is 10.5. The summed E-state index contributed by atoms with van der Waals surface area (Å²) in [4.78, 5) is 0. The molecule has 0 aliphatic rings. The molecule has 19 heavy (non-hydrogen) atoms. The predicted molar refractivity (Wildman–Crippen MR) is 80.7 cm³/mol. The van der Waals surface area contributed by atoms with Gasteiger partial charge in [0.25, 0.3) is 0 Å². The molecule has 100 valence electrons. The molecule has 3 heteroatoms. The molecule has 2 aromatic rings. The highest BCUT2D eigenvalue weighted by atomic mass is 16.5. The van der Waals surface area contributed by atoms with Gasteiger partial charge in [0, 0.05) is 0 Å². The first-order chi connectivity index (χ1) is 8.91. The average molecular weight is 256 g/mol. The lowest BCUT2D eigenvalue weighted by Crippen LogP contribution is -2.00. The van der Waals surface area contributed by atoms with E-state index in [1.807, 2.05) is 52.0 Å². The molecule has 0 radical (unpaired) electrons. The number of benzene rings is 2. The monoisotopic (exact) mass is 256 g/mol. The highest BCUT2D eigenvalue weighted by molar-refractivity contribution is 5.65. The summed E-state index contributed by atoms with van der Waals surface area (Å²) >= 11 is 0. The molecule has 2 rings (SSSR count). The van der Waals surface area contributed by atoms with Crippen molar-refractivity contribution >= 4 is 11.4 Å². The first kappa shape index (κ1) is 13.3. The SMILES string of the molecule is Cc1ccc(Oc2ccc(C)c(C)c2N)c(N)c1C. The van der Waals surface area contributed by atoms with E-state index in [2.05, 4.69) is 0 Å². The van der Waals surface area contributed by atoms with E-state index in [-0.39, 0.29) is 0 Å². The van der Waals surface area contributed by atoms with Crippen LogP contribution >= 0.6 is 0 Å². The molecular formula is C16H20N2O. The van der Waals surface area contributed by atoms with E-state index >= 15 is 0 Å². The summed E-state index contributed by atoms with van der Waals surface area (Å²) in [5.74, 6) is 1.30. The first-order valence-corrected chi connectivity index (χ1v) is 6.31. The number of hydrogen-bond donors (Lipinski definition) is 2. The third-order valence-electron chi connectivity index (χ3n) is 3.71. The fraction of sp³-hybridized carbons (Fsp3) is 0.250. The molecule has 0 saturated carbocycles. The van der Waals surface area contributed by atoms with E-state index in [0.717, 1.165) is 22.3 Å². The van der Waals surface area contributed by atoms with Crippen molar-refractivity contribution in [1.82, 2.24) is 0 Å². The van der Waals surface area contributed by atoms with Crippen LogP contribution in [0.25, 0.3) is 0 Å². The van der Waals surface area contributed by atoms with E-state index in [9.17, 15) is 0 Å². The second kappa shape index (κ2) is 4.84. The predicted octanol–water partition coefficient (Wildman–Crippen LogP) is 3.88. The number of anilines is 2. The molecule has 0 aliphatic heterocycles. The maximum atomic E-state index is 6.08. The summed E-state index contributed by atoms with van der Waals surface area (Å²) < 4.78 is 5.86. The van der Waals surface area contributed by atoms with Crippen molar-refractivity contribution in [3.05, 3.63) is 46.5 Å². The molecule has 0 amide bonds. The maximum absolute atomic E-state index is 6.08. The Labute approximate surface area is 114 Å². The van der Waals surface area contributed by atoms with Crippen molar-refractivity contribution in [2.24, 2.45) is 0 Å². The Balaban J connectivity index is 2.43. The van der Waals surface area contributed by atoms with Crippen LogP contribution in [0.2, 0.25) is 0 Å². The van der Waals surface area contributed by atoms with Crippen LogP contribution in [0.1, 0.15) is 22.3 Å². The second-order valence-corrected chi connectivity index (χ2v) is 4.94. The number of nitrogen functional groups attached to an aromatic ring is 2. The zero-order valence-electron chi connectivity index (χ0n) is 11.9. The van der Waals surface area contributed by atoms with Crippen LogP contribution in [0.4, 0.5) is 11.4 Å². The molecule has 0 aliphatic carbocycles. The van der Waals surface area contributed by atoms with E-state index < -0.39 is 0 Å². The molecule has 0 fully saturated rings. The first-order valence-electron chi connectivity index (χ1n) is 6.31. The van der Waals surface area contributed by atoms with Gasteiger partial charge in [-0.1, -0.05) is 12.1 Å². The van der Waals surface area contributed by atoms with Gasteiger partial charge < -0.3 is 16.2 Å². The van der Waals surface area contributed by atoms with E-state index in [0.29, 0.717) is 22.9 Å². The van der Waals surface area contributed by atoms with E-state index in [1.54, 1.807) is 0 Å². The summed E-state index contributed by atoms with van der Waals surface area (Å²) in [6.07, 6.45) is 0. The van der Waals surface area contributed by atoms with Gasteiger partial charge in [-0.2, -0.15) is 0 Å². The molecule has 0 unspecified atom stereocenters. The quantitative estimate of drug-likeness (QED) is 0.802. The number of aryl methyl sites for hydroxylation is 2. The van der Waals surface area contributed by atoms with Gasteiger partial charge in [0.2, 0.25) is 0 Å². The van der Waals surface area contributed by atoms with Gasteiger partial charge in [-0.15, -0.1) is 0 Å². The molecule has 0 spiro atoms. The van der Waals surface area contributed by atoms with Crippen LogP contribution in [0.15, 0.2) is 24.3 Å². The summed E-state index contributed by atoms with van der Waals surface area (Å²) in [7, 11) is 0. The van der Waals surface area contributed by atoms with Crippen molar-refractivity contribution in [2.75, 3.05) is 11.5 Å². The Morgan fingerprint density at radius 3 is 1.42 bits per heavy atom. The van der Waals surface area contributed by atoms with Gasteiger partial charge in [-0.05, 0) is 62.1 Å². The average Bonchev–Trinajstić information content (AvgIpc) is 2.39. The number of hydrogen-bond acceptors (Lipinski definition) is 3. The summed E-state index contributed by atoms with van der Waals surface area (Å²) in [6, 6.07) is 7.76. The van der Waals surface area contributed by atoms with Gasteiger partial charge in [0.1, 0.15) is 0 Å². The number of nitrogens with two attached hydrogens (primary N) is 2. The number of rotatable bonds is 2.